The molecule has 2 N–H and O–H groups in total. The normalized spacial score (nSPS) is 10.6. The van der Waals surface area contributed by atoms with Crippen LogP contribution >= 0.6 is 15.9 Å². The van der Waals surface area contributed by atoms with Crippen molar-refractivity contribution in [1.29, 1.82) is 0 Å². The molecule has 0 saturated carbocycles. The van der Waals surface area contributed by atoms with E-state index in [-0.39, 0.29) is 17.6 Å². The molecular formula is C9H8BrFN4. The summed E-state index contributed by atoms with van der Waals surface area (Å²) in [6.07, 6.45) is 0. The van der Waals surface area contributed by atoms with E-state index in [4.69, 9.17) is 5.73 Å². The average Bonchev–Trinajstić information content (AvgIpc) is 2.51. The summed E-state index contributed by atoms with van der Waals surface area (Å²) in [7, 11) is 1.65. The second-order valence-electron chi connectivity index (χ2n) is 3.02. The number of rotatable bonds is 1. The first-order valence-corrected chi connectivity index (χ1v) is 5.00. The minimum Gasteiger partial charge on any atom is -0.368 e. The van der Waals surface area contributed by atoms with Gasteiger partial charge >= 0.3 is 0 Å². The van der Waals surface area contributed by atoms with Crippen LogP contribution in [0.2, 0.25) is 0 Å². The molecule has 0 fully saturated rings. The van der Waals surface area contributed by atoms with Crippen LogP contribution in [0.15, 0.2) is 22.7 Å². The first kappa shape index (κ1) is 10.1. The summed E-state index contributed by atoms with van der Waals surface area (Å²) in [5.74, 6) is 0.154. The molecule has 0 aliphatic rings. The van der Waals surface area contributed by atoms with E-state index in [0.717, 1.165) is 0 Å². The molecule has 0 atom stereocenters. The molecule has 78 valence electrons. The van der Waals surface area contributed by atoms with E-state index in [0.29, 0.717) is 10.0 Å². The second-order valence-corrected chi connectivity index (χ2v) is 3.87. The number of hydrogen-bond acceptors (Lipinski definition) is 3. The van der Waals surface area contributed by atoms with Gasteiger partial charge in [0.15, 0.2) is 5.82 Å². The number of hydrogen-bond donors (Lipinski definition) is 1. The highest BCUT2D eigenvalue weighted by atomic mass is 79.9. The third-order valence-electron chi connectivity index (χ3n) is 1.99. The zero-order valence-electron chi connectivity index (χ0n) is 7.91. The van der Waals surface area contributed by atoms with Gasteiger partial charge in [-0.3, -0.25) is 0 Å². The maximum absolute atomic E-state index is 13.7. The van der Waals surface area contributed by atoms with Gasteiger partial charge in [0.1, 0.15) is 5.82 Å². The molecule has 1 heterocycles. The highest BCUT2D eigenvalue weighted by Gasteiger charge is 2.13. The Bertz CT molecular complexity index is 489. The molecule has 2 rings (SSSR count). The molecule has 0 radical (unpaired) electrons. The topological polar surface area (TPSA) is 56.7 Å². The molecule has 0 aliphatic carbocycles. The third kappa shape index (κ3) is 1.72. The van der Waals surface area contributed by atoms with Gasteiger partial charge in [-0.05, 0) is 28.1 Å². The van der Waals surface area contributed by atoms with Crippen LogP contribution in [-0.4, -0.2) is 14.8 Å². The van der Waals surface area contributed by atoms with E-state index in [2.05, 4.69) is 26.0 Å². The quantitative estimate of drug-likeness (QED) is 0.862. The molecule has 1 aromatic heterocycles. The molecule has 6 heteroatoms. The first-order chi connectivity index (χ1) is 7.09. The molecule has 15 heavy (non-hydrogen) atoms. The van der Waals surface area contributed by atoms with Gasteiger partial charge < -0.3 is 5.73 Å². The Morgan fingerprint density at radius 2 is 2.20 bits per heavy atom. The Morgan fingerprint density at radius 3 is 2.80 bits per heavy atom. The summed E-state index contributed by atoms with van der Waals surface area (Å²) in [6, 6.07) is 4.94. The minimum absolute atomic E-state index is 0.254. The van der Waals surface area contributed by atoms with Crippen LogP contribution in [-0.2, 0) is 7.05 Å². The number of aryl methyl sites for hydroxylation is 1. The largest absolute Gasteiger partial charge is 0.368 e. The first-order valence-electron chi connectivity index (χ1n) is 4.20. The Hall–Kier alpha value is -1.43. The van der Waals surface area contributed by atoms with Crippen LogP contribution < -0.4 is 5.73 Å². The summed E-state index contributed by atoms with van der Waals surface area (Å²) in [4.78, 5) is 3.95. The maximum atomic E-state index is 13.7. The maximum Gasteiger partial charge on any atom is 0.218 e. The SMILES string of the molecule is Cn1nc(-c2cccc(Br)c2F)nc1N. The monoisotopic (exact) mass is 270 g/mol. The zero-order valence-corrected chi connectivity index (χ0v) is 9.49. The second kappa shape index (κ2) is 3.62. The highest BCUT2D eigenvalue weighted by Crippen LogP contribution is 2.25. The zero-order chi connectivity index (χ0) is 11.0. The van der Waals surface area contributed by atoms with Crippen molar-refractivity contribution >= 4 is 21.9 Å². The van der Waals surface area contributed by atoms with Crippen LogP contribution in [0, 0.1) is 5.82 Å². The van der Waals surface area contributed by atoms with E-state index in [1.165, 1.54) is 4.68 Å². The minimum atomic E-state index is -0.386. The van der Waals surface area contributed by atoms with Crippen molar-refractivity contribution in [2.24, 2.45) is 7.05 Å². The Balaban J connectivity index is 2.59. The Labute approximate surface area is 94.1 Å². The van der Waals surface area contributed by atoms with Gasteiger partial charge in [0.25, 0.3) is 0 Å². The summed E-state index contributed by atoms with van der Waals surface area (Å²) in [5, 5.41) is 4.00. The molecule has 1 aromatic carbocycles. The van der Waals surface area contributed by atoms with Crippen LogP contribution in [0.3, 0.4) is 0 Å². The van der Waals surface area contributed by atoms with Gasteiger partial charge in [-0.25, -0.2) is 9.07 Å². The molecule has 2 aromatic rings. The lowest BCUT2D eigenvalue weighted by atomic mass is 10.2. The van der Waals surface area contributed by atoms with Crippen LogP contribution in [0.1, 0.15) is 0 Å². The molecular weight excluding hydrogens is 263 g/mol. The number of nitrogens with two attached hydrogens (primary N) is 1. The standard InChI is InChI=1S/C9H8BrFN4/c1-15-9(12)13-8(14-15)5-3-2-4-6(10)7(5)11/h2-4H,1H3,(H2,12,13,14). The highest BCUT2D eigenvalue weighted by molar-refractivity contribution is 9.10. The van der Waals surface area contributed by atoms with Crippen molar-refractivity contribution in [1.82, 2.24) is 14.8 Å². The van der Waals surface area contributed by atoms with Crippen LogP contribution in [0.5, 0.6) is 0 Å². The summed E-state index contributed by atoms with van der Waals surface area (Å²) in [6.45, 7) is 0. The van der Waals surface area contributed by atoms with Crippen LogP contribution in [0.25, 0.3) is 11.4 Å². The molecule has 0 saturated heterocycles. The molecule has 0 aliphatic heterocycles. The fourth-order valence-electron chi connectivity index (χ4n) is 1.19. The lowest BCUT2D eigenvalue weighted by Gasteiger charge is -1.99. The Kier molecular flexibility index (Phi) is 2.44. The van der Waals surface area contributed by atoms with E-state index in [9.17, 15) is 4.39 Å². The van der Waals surface area contributed by atoms with E-state index < -0.39 is 0 Å². The third-order valence-corrected chi connectivity index (χ3v) is 2.60. The number of nitrogen functional groups attached to an aromatic ring is 1. The van der Waals surface area contributed by atoms with Gasteiger partial charge in [-0.1, -0.05) is 6.07 Å². The van der Waals surface area contributed by atoms with Crippen molar-refractivity contribution in [2.45, 2.75) is 0 Å². The molecule has 0 bridgehead atoms. The van der Waals surface area contributed by atoms with E-state index in [1.54, 1.807) is 25.2 Å². The number of anilines is 1. The van der Waals surface area contributed by atoms with Crippen molar-refractivity contribution in [3.63, 3.8) is 0 Å². The Morgan fingerprint density at radius 1 is 1.47 bits per heavy atom. The van der Waals surface area contributed by atoms with Gasteiger partial charge in [-0.15, -0.1) is 5.10 Å². The summed E-state index contributed by atoms with van der Waals surface area (Å²) in [5.41, 5.74) is 5.85. The lowest BCUT2D eigenvalue weighted by molar-refractivity contribution is 0.623. The average molecular weight is 271 g/mol. The predicted octanol–water partition coefficient (Wildman–Crippen LogP) is 1.97. The van der Waals surface area contributed by atoms with Gasteiger partial charge in [0.05, 0.1) is 10.0 Å². The summed E-state index contributed by atoms with van der Waals surface area (Å²) < 4.78 is 15.4. The van der Waals surface area contributed by atoms with Crippen molar-refractivity contribution in [3.05, 3.63) is 28.5 Å². The lowest BCUT2D eigenvalue weighted by Crippen LogP contribution is -1.97. The van der Waals surface area contributed by atoms with Gasteiger partial charge in [-0.2, -0.15) is 4.98 Å². The molecule has 0 spiro atoms. The van der Waals surface area contributed by atoms with E-state index >= 15 is 0 Å². The van der Waals surface area contributed by atoms with E-state index in [1.807, 2.05) is 0 Å². The smallest absolute Gasteiger partial charge is 0.218 e. The number of benzene rings is 1. The fourth-order valence-corrected chi connectivity index (χ4v) is 1.55. The molecule has 4 nitrogen and oxygen atoms in total. The molecule has 0 amide bonds. The van der Waals surface area contributed by atoms with Gasteiger partial charge in [0, 0.05) is 7.05 Å². The van der Waals surface area contributed by atoms with Crippen molar-refractivity contribution < 1.29 is 4.39 Å². The van der Waals surface area contributed by atoms with Crippen LogP contribution in [0.4, 0.5) is 10.3 Å². The van der Waals surface area contributed by atoms with Gasteiger partial charge in [0.2, 0.25) is 5.95 Å². The van der Waals surface area contributed by atoms with Crippen molar-refractivity contribution in [3.8, 4) is 11.4 Å². The fraction of sp³-hybridized carbons (Fsp3) is 0.111. The number of halogens is 2. The summed E-state index contributed by atoms with van der Waals surface area (Å²) >= 11 is 3.10. The van der Waals surface area contributed by atoms with Crippen molar-refractivity contribution in [2.75, 3.05) is 5.73 Å². The predicted molar refractivity (Wildman–Crippen MR) is 58.5 cm³/mol. The number of aromatic nitrogens is 3. The number of nitrogens with zero attached hydrogens (tertiary/aromatic N) is 3. The molecule has 0 unspecified atom stereocenters.